The van der Waals surface area contributed by atoms with E-state index in [4.69, 9.17) is 4.74 Å². The van der Waals surface area contributed by atoms with Crippen molar-refractivity contribution in [1.29, 1.82) is 0 Å². The molecule has 0 radical (unpaired) electrons. The van der Waals surface area contributed by atoms with Gasteiger partial charge in [-0.15, -0.1) is 0 Å². The van der Waals surface area contributed by atoms with Crippen LogP contribution in [0.1, 0.15) is 18.1 Å². The second-order valence-corrected chi connectivity index (χ2v) is 6.14. The van der Waals surface area contributed by atoms with E-state index < -0.39 is 0 Å². The Bertz CT molecular complexity index is 784. The normalized spacial score (nSPS) is 15.0. The third kappa shape index (κ3) is 4.67. The van der Waals surface area contributed by atoms with Gasteiger partial charge in [0.25, 0.3) is 0 Å². The minimum absolute atomic E-state index is 0.191. The average Bonchev–Trinajstić information content (AvgIpc) is 2.68. The molecule has 5 nitrogen and oxygen atoms in total. The fourth-order valence-corrected chi connectivity index (χ4v) is 2.85. The van der Waals surface area contributed by atoms with Gasteiger partial charge in [-0.05, 0) is 36.3 Å². The Hall–Kier alpha value is -2.73. The van der Waals surface area contributed by atoms with E-state index in [2.05, 4.69) is 15.2 Å². The molecule has 0 unspecified atom stereocenters. The van der Waals surface area contributed by atoms with Crippen molar-refractivity contribution in [2.24, 2.45) is 0 Å². The molecule has 0 bridgehead atoms. The second kappa shape index (κ2) is 8.58. The molecule has 1 N–H and O–H groups in total. The maximum Gasteiger partial charge on any atom is 0.244 e. The Morgan fingerprint density at radius 1 is 1.27 bits per heavy atom. The first kappa shape index (κ1) is 18.1. The van der Waals surface area contributed by atoms with Gasteiger partial charge in [-0.1, -0.05) is 18.2 Å². The molecule has 1 aliphatic rings. The number of allylic oxidation sites excluding steroid dienone is 1. The van der Waals surface area contributed by atoms with Crippen LogP contribution in [0.25, 0.3) is 5.57 Å². The van der Waals surface area contributed by atoms with Crippen LogP contribution in [-0.2, 0) is 16.1 Å². The largest absolute Gasteiger partial charge is 0.378 e. The number of hydrogen-bond acceptors (Lipinski definition) is 4. The summed E-state index contributed by atoms with van der Waals surface area (Å²) in [7, 11) is 0. The molecule has 136 valence electrons. The maximum atomic E-state index is 13.0. The first-order valence-corrected chi connectivity index (χ1v) is 8.62. The predicted molar refractivity (Wildman–Crippen MR) is 99.2 cm³/mol. The molecule has 1 aromatic carbocycles. The number of pyridine rings is 1. The third-order valence-electron chi connectivity index (χ3n) is 4.28. The average molecular weight is 355 g/mol. The van der Waals surface area contributed by atoms with Gasteiger partial charge < -0.3 is 15.0 Å². The number of nitrogens with one attached hydrogen (secondary N) is 1. The molecule has 0 aliphatic carbocycles. The molecule has 26 heavy (non-hydrogen) atoms. The van der Waals surface area contributed by atoms with Gasteiger partial charge in [0.15, 0.2) is 0 Å². The maximum absolute atomic E-state index is 13.0. The van der Waals surface area contributed by atoms with Crippen molar-refractivity contribution in [1.82, 2.24) is 10.3 Å². The lowest BCUT2D eigenvalue weighted by molar-refractivity contribution is -0.116. The van der Waals surface area contributed by atoms with Crippen molar-refractivity contribution in [3.05, 3.63) is 65.6 Å². The molecule has 1 saturated heterocycles. The van der Waals surface area contributed by atoms with Crippen LogP contribution in [0.5, 0.6) is 0 Å². The highest BCUT2D eigenvalue weighted by Crippen LogP contribution is 2.18. The highest BCUT2D eigenvalue weighted by molar-refractivity contribution is 5.94. The highest BCUT2D eigenvalue weighted by Gasteiger charge is 2.15. The zero-order valence-electron chi connectivity index (χ0n) is 14.7. The Balaban J connectivity index is 1.64. The van der Waals surface area contributed by atoms with Gasteiger partial charge in [0, 0.05) is 37.5 Å². The minimum atomic E-state index is -0.293. The van der Waals surface area contributed by atoms with E-state index >= 15 is 0 Å². The number of morpholine rings is 1. The van der Waals surface area contributed by atoms with E-state index in [1.165, 1.54) is 18.2 Å². The summed E-state index contributed by atoms with van der Waals surface area (Å²) in [6.07, 6.45) is 3.28. The van der Waals surface area contributed by atoms with Gasteiger partial charge in [0.05, 0.1) is 13.2 Å². The summed E-state index contributed by atoms with van der Waals surface area (Å²) in [5.41, 5.74) is 2.56. The molecular formula is C20H22FN3O2. The van der Waals surface area contributed by atoms with Crippen molar-refractivity contribution in [3.63, 3.8) is 0 Å². The molecule has 6 heteroatoms. The molecule has 0 saturated carbocycles. The number of nitrogens with zero attached hydrogens (tertiary/aromatic N) is 2. The molecule has 1 amide bonds. The lowest BCUT2D eigenvalue weighted by Crippen LogP contribution is -2.37. The number of halogens is 1. The highest BCUT2D eigenvalue weighted by atomic mass is 19.1. The van der Waals surface area contributed by atoms with E-state index in [-0.39, 0.29) is 11.7 Å². The summed E-state index contributed by atoms with van der Waals surface area (Å²) in [6.45, 7) is 5.18. The fraction of sp³-hybridized carbons (Fsp3) is 0.300. The first-order chi connectivity index (χ1) is 12.6. The molecule has 2 heterocycles. The van der Waals surface area contributed by atoms with Crippen molar-refractivity contribution < 1.29 is 13.9 Å². The van der Waals surface area contributed by atoms with E-state index in [0.717, 1.165) is 35.6 Å². The van der Waals surface area contributed by atoms with E-state index in [9.17, 15) is 9.18 Å². The standard InChI is InChI=1S/C20H22FN3O2/c1-15(16-4-6-18(21)7-5-16)13-19(25)23-14-17-3-2-8-22-20(17)24-9-11-26-12-10-24/h2-8,13H,9-12,14H2,1H3,(H,23,25)/b15-13+. The number of anilines is 1. The third-order valence-corrected chi connectivity index (χ3v) is 4.28. The van der Waals surface area contributed by atoms with Gasteiger partial charge >= 0.3 is 0 Å². The van der Waals surface area contributed by atoms with Gasteiger partial charge in [-0.3, -0.25) is 4.79 Å². The minimum Gasteiger partial charge on any atom is -0.378 e. The number of ether oxygens (including phenoxy) is 1. The summed E-state index contributed by atoms with van der Waals surface area (Å²) in [5.74, 6) is 0.400. The van der Waals surface area contributed by atoms with Gasteiger partial charge in [0.2, 0.25) is 5.91 Å². The number of rotatable bonds is 5. The summed E-state index contributed by atoms with van der Waals surface area (Å²) >= 11 is 0. The van der Waals surface area contributed by atoms with Crippen molar-refractivity contribution >= 4 is 17.3 Å². The van der Waals surface area contributed by atoms with Gasteiger partial charge in [-0.2, -0.15) is 0 Å². The quantitative estimate of drug-likeness (QED) is 0.838. The van der Waals surface area contributed by atoms with Crippen LogP contribution in [0.15, 0.2) is 48.7 Å². The number of hydrogen-bond donors (Lipinski definition) is 1. The lowest BCUT2D eigenvalue weighted by atomic mass is 10.1. The van der Waals surface area contributed by atoms with Crippen LogP contribution in [0.3, 0.4) is 0 Å². The monoisotopic (exact) mass is 355 g/mol. The lowest BCUT2D eigenvalue weighted by Gasteiger charge is -2.29. The van der Waals surface area contributed by atoms with Crippen LogP contribution >= 0.6 is 0 Å². The molecule has 2 aromatic rings. The molecule has 1 fully saturated rings. The Kier molecular flexibility index (Phi) is 5.96. The van der Waals surface area contributed by atoms with Crippen LogP contribution < -0.4 is 10.2 Å². The van der Waals surface area contributed by atoms with Crippen LogP contribution in [0.4, 0.5) is 10.2 Å². The van der Waals surface area contributed by atoms with Crippen LogP contribution in [0.2, 0.25) is 0 Å². The number of aromatic nitrogens is 1. The molecule has 0 atom stereocenters. The van der Waals surface area contributed by atoms with Crippen LogP contribution in [0, 0.1) is 5.82 Å². The first-order valence-electron chi connectivity index (χ1n) is 8.62. The van der Waals surface area contributed by atoms with Crippen LogP contribution in [-0.4, -0.2) is 37.2 Å². The second-order valence-electron chi connectivity index (χ2n) is 6.14. The van der Waals surface area contributed by atoms with E-state index in [1.54, 1.807) is 18.3 Å². The zero-order valence-corrected chi connectivity index (χ0v) is 14.7. The van der Waals surface area contributed by atoms with Gasteiger partial charge in [-0.25, -0.2) is 9.37 Å². The SMILES string of the molecule is C/C(=C\C(=O)NCc1cccnc1N1CCOCC1)c1ccc(F)cc1. The molecular weight excluding hydrogens is 333 g/mol. The predicted octanol–water partition coefficient (Wildman–Crippen LogP) is 2.78. The number of carbonyl (C=O) groups is 1. The molecule has 1 aromatic heterocycles. The Morgan fingerprint density at radius 3 is 2.73 bits per heavy atom. The smallest absolute Gasteiger partial charge is 0.244 e. The summed E-state index contributed by atoms with van der Waals surface area (Å²) in [6, 6.07) is 9.92. The van der Waals surface area contributed by atoms with E-state index in [1.807, 2.05) is 19.1 Å². The topological polar surface area (TPSA) is 54.5 Å². The van der Waals surface area contributed by atoms with Gasteiger partial charge in [0.1, 0.15) is 11.6 Å². The number of amides is 1. The van der Waals surface area contributed by atoms with Crippen molar-refractivity contribution in [2.75, 3.05) is 31.2 Å². The number of carbonyl (C=O) groups excluding carboxylic acids is 1. The fourth-order valence-electron chi connectivity index (χ4n) is 2.85. The summed E-state index contributed by atoms with van der Waals surface area (Å²) in [5, 5.41) is 2.90. The molecule has 0 spiro atoms. The van der Waals surface area contributed by atoms with E-state index in [0.29, 0.717) is 19.8 Å². The summed E-state index contributed by atoms with van der Waals surface area (Å²) < 4.78 is 18.4. The number of benzene rings is 1. The van der Waals surface area contributed by atoms with Crippen molar-refractivity contribution in [2.45, 2.75) is 13.5 Å². The molecule has 3 rings (SSSR count). The summed E-state index contributed by atoms with van der Waals surface area (Å²) in [4.78, 5) is 18.9. The molecule has 1 aliphatic heterocycles. The zero-order chi connectivity index (χ0) is 18.4. The Labute approximate surface area is 152 Å². The van der Waals surface area contributed by atoms with Crippen molar-refractivity contribution in [3.8, 4) is 0 Å². The Morgan fingerprint density at radius 2 is 2.00 bits per heavy atom.